The summed E-state index contributed by atoms with van der Waals surface area (Å²) in [7, 11) is 0. The Kier molecular flexibility index (Phi) is 3.02. The number of carbonyl (C=O) groups excluding carboxylic acids is 2. The van der Waals surface area contributed by atoms with Crippen LogP contribution in [0.2, 0.25) is 0 Å². The van der Waals surface area contributed by atoms with Gasteiger partial charge in [-0.2, -0.15) is 0 Å². The molecule has 2 aromatic carbocycles. The van der Waals surface area contributed by atoms with E-state index in [1.807, 2.05) is 0 Å². The Hall–Kier alpha value is -1.62. The first-order chi connectivity index (χ1) is 7.79. The number of hydrogen-bond donors (Lipinski definition) is 0. The average Bonchev–Trinajstić information content (AvgIpc) is 2.36. The third-order valence-electron chi connectivity index (χ3n) is 2.83. The summed E-state index contributed by atoms with van der Waals surface area (Å²) in [6.07, 6.45) is 0. The van der Waals surface area contributed by atoms with Gasteiger partial charge >= 0.3 is 18.9 Å². The molecule has 0 saturated carbocycles. The molecule has 2 nitrogen and oxygen atoms in total. The number of benzene rings is 2. The average molecular weight is 216 g/mol. The fourth-order valence-electron chi connectivity index (χ4n) is 2.05. The van der Waals surface area contributed by atoms with Crippen molar-refractivity contribution in [1.29, 1.82) is 0 Å². The molecule has 17 heavy (non-hydrogen) atoms. The molecule has 0 heterocycles. The molecule has 0 unspecified atom stereocenters. The van der Waals surface area contributed by atoms with Gasteiger partial charge in [0.25, 0.3) is 0 Å². The van der Waals surface area contributed by atoms with E-state index in [2.05, 4.69) is 0 Å². The van der Waals surface area contributed by atoms with Gasteiger partial charge in [0.1, 0.15) is 0 Å². The van der Waals surface area contributed by atoms with Crippen LogP contribution >= 0.6 is 0 Å². The van der Waals surface area contributed by atoms with E-state index in [1.54, 1.807) is 48.5 Å². The minimum atomic E-state index is -0.0641. The second-order valence-corrected chi connectivity index (χ2v) is 3.75. The van der Waals surface area contributed by atoms with Gasteiger partial charge in [-0.15, -0.1) is 0 Å². The number of rotatable bonds is 0. The van der Waals surface area contributed by atoms with E-state index in [0.717, 1.165) is 0 Å². The summed E-state index contributed by atoms with van der Waals surface area (Å²) in [5, 5.41) is 0. The van der Waals surface area contributed by atoms with Gasteiger partial charge in [0.05, 0.1) is 0 Å². The van der Waals surface area contributed by atoms with Crippen molar-refractivity contribution < 1.29 is 9.59 Å². The Morgan fingerprint density at radius 3 is 1.00 bits per heavy atom. The van der Waals surface area contributed by atoms with Crippen LogP contribution in [0.4, 0.5) is 0 Å². The van der Waals surface area contributed by atoms with Crippen molar-refractivity contribution in [2.45, 2.75) is 0 Å². The number of ketones is 2. The molecule has 0 amide bonds. The van der Waals surface area contributed by atoms with Crippen LogP contribution in [0.5, 0.6) is 0 Å². The quantitative estimate of drug-likeness (QED) is 0.537. The van der Waals surface area contributed by atoms with E-state index in [9.17, 15) is 9.59 Å². The molecule has 0 atom stereocenters. The number of carbonyl (C=O) groups is 2. The Balaban J connectivity index is 0.00000108. The summed E-state index contributed by atoms with van der Waals surface area (Å²) >= 11 is 0. The summed E-state index contributed by atoms with van der Waals surface area (Å²) in [4.78, 5) is 24.2. The van der Waals surface area contributed by atoms with E-state index in [4.69, 9.17) is 0 Å². The first-order valence-electron chi connectivity index (χ1n) is 5.06. The van der Waals surface area contributed by atoms with Gasteiger partial charge in [-0.05, 0) is 0 Å². The summed E-state index contributed by atoms with van der Waals surface area (Å²) in [5.74, 6) is -0.128. The molecule has 0 bridgehead atoms. The molecule has 0 radical (unpaired) electrons. The first kappa shape index (κ1) is 11.9. The van der Waals surface area contributed by atoms with Crippen molar-refractivity contribution in [2.75, 3.05) is 0 Å². The monoisotopic (exact) mass is 216 g/mol. The Morgan fingerprint density at radius 2 is 0.765 bits per heavy atom. The van der Waals surface area contributed by atoms with Crippen molar-refractivity contribution in [1.82, 2.24) is 0 Å². The van der Waals surface area contributed by atoms with Crippen LogP contribution in [0.1, 0.15) is 31.8 Å². The Labute approximate surface area is 111 Å². The van der Waals surface area contributed by atoms with E-state index >= 15 is 0 Å². The molecule has 0 aliphatic heterocycles. The van der Waals surface area contributed by atoms with Crippen LogP contribution in [-0.4, -0.2) is 30.4 Å². The van der Waals surface area contributed by atoms with Gasteiger partial charge in [-0.25, -0.2) is 0 Å². The van der Waals surface area contributed by atoms with Crippen molar-refractivity contribution >= 4 is 30.4 Å². The zero-order valence-electron chi connectivity index (χ0n) is 8.44. The molecule has 3 heteroatoms. The molecule has 1 aliphatic carbocycles. The predicted molar refractivity (Wildman–Crippen MR) is 66.9 cm³/mol. The normalized spacial score (nSPS) is 12.5. The van der Waals surface area contributed by atoms with E-state index in [0.29, 0.717) is 22.3 Å². The summed E-state index contributed by atoms with van der Waals surface area (Å²) < 4.78 is 0. The summed E-state index contributed by atoms with van der Waals surface area (Å²) in [6, 6.07) is 13.9. The van der Waals surface area contributed by atoms with Gasteiger partial charge in [-0.1, -0.05) is 48.5 Å². The van der Waals surface area contributed by atoms with Gasteiger partial charge in [0.2, 0.25) is 0 Å². The third-order valence-corrected chi connectivity index (χ3v) is 2.83. The number of fused-ring (bicyclic) bond motifs is 2. The molecule has 78 valence electrons. The SMILES string of the molecule is O=C1c2ccccc2C(=O)c2ccccc21.[LiH]. The molecule has 0 saturated heterocycles. The zero-order valence-corrected chi connectivity index (χ0v) is 8.44. The van der Waals surface area contributed by atoms with Gasteiger partial charge < -0.3 is 0 Å². The van der Waals surface area contributed by atoms with Crippen molar-refractivity contribution in [3.8, 4) is 0 Å². The summed E-state index contributed by atoms with van der Waals surface area (Å²) in [6.45, 7) is 0. The Morgan fingerprint density at radius 1 is 0.529 bits per heavy atom. The van der Waals surface area contributed by atoms with Crippen LogP contribution < -0.4 is 0 Å². The van der Waals surface area contributed by atoms with E-state index in [1.165, 1.54) is 0 Å². The third kappa shape index (κ3) is 1.66. The first-order valence-corrected chi connectivity index (χ1v) is 5.06. The molecule has 0 N–H and O–H groups in total. The van der Waals surface area contributed by atoms with Crippen LogP contribution in [0.15, 0.2) is 48.5 Å². The van der Waals surface area contributed by atoms with Gasteiger partial charge in [0.15, 0.2) is 11.6 Å². The Bertz CT molecular complexity index is 512. The molecule has 0 aromatic heterocycles. The zero-order chi connectivity index (χ0) is 11.1. The minimum absolute atomic E-state index is 0. The molecule has 1 aliphatic rings. The van der Waals surface area contributed by atoms with Crippen molar-refractivity contribution in [2.24, 2.45) is 0 Å². The van der Waals surface area contributed by atoms with E-state index < -0.39 is 0 Å². The standard InChI is InChI=1S/C14H8O2.Li.H/c15-13-9-5-1-2-6-10(9)14(16)12-8-4-3-7-11(12)13;;/h1-8H;;. The fourth-order valence-corrected chi connectivity index (χ4v) is 2.05. The topological polar surface area (TPSA) is 34.1 Å². The maximum atomic E-state index is 12.1. The molecular weight excluding hydrogens is 207 g/mol. The molecule has 0 fully saturated rings. The summed E-state index contributed by atoms with van der Waals surface area (Å²) in [5.41, 5.74) is 2.02. The predicted octanol–water partition coefficient (Wildman–Crippen LogP) is 1.81. The van der Waals surface area contributed by atoms with Crippen molar-refractivity contribution in [3.63, 3.8) is 0 Å². The number of hydrogen-bond acceptors (Lipinski definition) is 2. The second-order valence-electron chi connectivity index (χ2n) is 3.75. The molecule has 2 aromatic rings. The second kappa shape index (κ2) is 4.33. The molecule has 3 rings (SSSR count). The fraction of sp³-hybridized carbons (Fsp3) is 0. The molecule has 0 spiro atoms. The van der Waals surface area contributed by atoms with Gasteiger partial charge in [0, 0.05) is 22.3 Å². The van der Waals surface area contributed by atoms with E-state index in [-0.39, 0.29) is 30.4 Å². The van der Waals surface area contributed by atoms with Crippen molar-refractivity contribution in [3.05, 3.63) is 70.8 Å². The maximum absolute atomic E-state index is 12.1. The van der Waals surface area contributed by atoms with Gasteiger partial charge in [-0.3, -0.25) is 9.59 Å². The van der Waals surface area contributed by atoms with Crippen LogP contribution in [0, 0.1) is 0 Å². The van der Waals surface area contributed by atoms with Crippen LogP contribution in [0.3, 0.4) is 0 Å². The van der Waals surface area contributed by atoms with Crippen LogP contribution in [-0.2, 0) is 0 Å². The van der Waals surface area contributed by atoms with Crippen LogP contribution in [0.25, 0.3) is 0 Å². The molecular formula is C14H9LiO2.